The maximum Gasteiger partial charge on any atom is 0.319 e. The number of methoxy groups -OCH3 is 2. The number of fused-ring (bicyclic) bond motifs is 1. The van der Waals surface area contributed by atoms with Crippen molar-refractivity contribution in [2.75, 3.05) is 14.2 Å². The van der Waals surface area contributed by atoms with Crippen molar-refractivity contribution in [2.45, 2.75) is 18.3 Å². The second-order valence-corrected chi connectivity index (χ2v) is 7.38. The Morgan fingerprint density at radius 2 is 1.88 bits per heavy atom. The average Bonchev–Trinajstić information content (AvgIpc) is 3.46. The predicted molar refractivity (Wildman–Crippen MR) is 108 cm³/mol. The van der Waals surface area contributed by atoms with Gasteiger partial charge in [0.2, 0.25) is 5.88 Å². The number of hydrogen-bond donors (Lipinski definition) is 0. The average molecular weight is 434 g/mol. The Bertz CT molecular complexity index is 1370. The van der Waals surface area contributed by atoms with Crippen molar-refractivity contribution in [1.82, 2.24) is 24.6 Å². The van der Waals surface area contributed by atoms with Crippen molar-refractivity contribution in [3.05, 3.63) is 65.1 Å². The normalized spacial score (nSPS) is 17.2. The number of benzene rings is 1. The Hall–Kier alpha value is -4.13. The van der Waals surface area contributed by atoms with E-state index in [4.69, 9.17) is 14.7 Å². The van der Waals surface area contributed by atoms with E-state index in [0.29, 0.717) is 34.8 Å². The molecule has 0 spiro atoms. The molecule has 4 aromatic rings. The van der Waals surface area contributed by atoms with E-state index in [9.17, 15) is 8.78 Å². The summed E-state index contributed by atoms with van der Waals surface area (Å²) in [6, 6.07) is 6.06. The summed E-state index contributed by atoms with van der Waals surface area (Å²) < 4.78 is 40.4. The first-order valence-electron chi connectivity index (χ1n) is 9.72. The molecule has 160 valence electrons. The molecular formula is C22H16F2N6O2. The summed E-state index contributed by atoms with van der Waals surface area (Å²) in [5.41, 5.74) is 2.61. The molecule has 3 aromatic heterocycles. The molecule has 1 fully saturated rings. The Morgan fingerprint density at radius 1 is 1.09 bits per heavy atom. The molecule has 0 saturated heterocycles. The van der Waals surface area contributed by atoms with Crippen LogP contribution in [0.15, 0.2) is 36.8 Å². The molecule has 1 aliphatic carbocycles. The number of aromatic nitrogens is 5. The summed E-state index contributed by atoms with van der Waals surface area (Å²) >= 11 is 0. The maximum atomic E-state index is 14.1. The molecule has 0 bridgehead atoms. The summed E-state index contributed by atoms with van der Waals surface area (Å²) in [4.78, 5) is 12.8. The van der Waals surface area contributed by atoms with Gasteiger partial charge in [-0.05, 0) is 42.0 Å². The summed E-state index contributed by atoms with van der Waals surface area (Å²) in [7, 11) is 2.96. The highest BCUT2D eigenvalue weighted by Crippen LogP contribution is 2.56. The van der Waals surface area contributed by atoms with Gasteiger partial charge in [-0.3, -0.25) is 0 Å². The van der Waals surface area contributed by atoms with Crippen molar-refractivity contribution in [1.29, 1.82) is 5.26 Å². The summed E-state index contributed by atoms with van der Waals surface area (Å²) in [6.07, 6.45) is 5.61. The molecule has 0 aliphatic heterocycles. The predicted octanol–water partition coefficient (Wildman–Crippen LogP) is 3.62. The molecule has 3 heterocycles. The number of nitriles is 1. The second kappa shape index (κ2) is 7.53. The zero-order valence-corrected chi connectivity index (χ0v) is 17.1. The number of nitrogens with zero attached hydrogens (tertiary/aromatic N) is 6. The molecule has 10 heteroatoms. The van der Waals surface area contributed by atoms with Gasteiger partial charge in [-0.25, -0.2) is 23.3 Å². The van der Waals surface area contributed by atoms with Gasteiger partial charge in [0.1, 0.15) is 23.3 Å². The van der Waals surface area contributed by atoms with Crippen molar-refractivity contribution in [2.24, 2.45) is 0 Å². The lowest BCUT2D eigenvalue weighted by atomic mass is 10.0. The van der Waals surface area contributed by atoms with E-state index in [0.717, 1.165) is 5.56 Å². The third-order valence-corrected chi connectivity index (χ3v) is 5.57. The third-order valence-electron chi connectivity index (χ3n) is 5.57. The summed E-state index contributed by atoms with van der Waals surface area (Å²) in [5, 5.41) is 13.5. The fourth-order valence-corrected chi connectivity index (χ4v) is 3.95. The quantitative estimate of drug-likeness (QED) is 0.473. The van der Waals surface area contributed by atoms with Crippen molar-refractivity contribution < 1.29 is 18.3 Å². The van der Waals surface area contributed by atoms with Crippen LogP contribution < -0.4 is 9.47 Å². The largest absolute Gasteiger partial charge is 0.480 e. The van der Waals surface area contributed by atoms with E-state index in [2.05, 4.69) is 20.1 Å². The topological polar surface area (TPSA) is 98.2 Å². The van der Waals surface area contributed by atoms with Gasteiger partial charge in [-0.15, -0.1) is 0 Å². The molecule has 0 radical (unpaired) electrons. The van der Waals surface area contributed by atoms with Crippen molar-refractivity contribution in [3.8, 4) is 29.2 Å². The zero-order valence-electron chi connectivity index (χ0n) is 17.1. The smallest absolute Gasteiger partial charge is 0.319 e. The SMILES string of the molecule is COc1ncc(-c2cc([C@H]3C[C@@H]3c3cc(F)c(C#N)c(F)c3)c3nccn3n2)c(OC)n1. The van der Waals surface area contributed by atoms with Gasteiger partial charge in [0, 0.05) is 24.2 Å². The minimum Gasteiger partial charge on any atom is -0.480 e. The second-order valence-electron chi connectivity index (χ2n) is 7.38. The minimum absolute atomic E-state index is 0.0152. The molecule has 0 N–H and O–H groups in total. The van der Waals surface area contributed by atoms with E-state index in [-0.39, 0.29) is 17.8 Å². The summed E-state index contributed by atoms with van der Waals surface area (Å²) in [5.74, 6) is -1.52. The van der Waals surface area contributed by atoms with E-state index in [1.165, 1.54) is 26.4 Å². The Balaban J connectivity index is 1.57. The third kappa shape index (κ3) is 3.19. The summed E-state index contributed by atoms with van der Waals surface area (Å²) in [6.45, 7) is 0. The van der Waals surface area contributed by atoms with E-state index in [1.54, 1.807) is 29.2 Å². The first kappa shape index (κ1) is 19.8. The van der Waals surface area contributed by atoms with Crippen LogP contribution in [-0.2, 0) is 0 Å². The number of hydrogen-bond acceptors (Lipinski definition) is 7. The fourth-order valence-electron chi connectivity index (χ4n) is 3.95. The molecule has 5 rings (SSSR count). The van der Waals surface area contributed by atoms with Gasteiger partial charge in [0.25, 0.3) is 0 Å². The number of ether oxygens (including phenoxy) is 2. The van der Waals surface area contributed by atoms with E-state index < -0.39 is 17.2 Å². The standard InChI is InChI=1S/C22H16F2N6O2/c1-31-21-16(10-27-22(28-21)32-2)19-8-14(20-26-3-4-30(20)29-19)13-7-12(13)11-5-17(23)15(9-25)18(24)6-11/h3-6,8,10,12-13H,7H2,1-2H3/t12-,13+/m1/s1. The van der Waals surface area contributed by atoms with Gasteiger partial charge in [0.15, 0.2) is 5.65 Å². The van der Waals surface area contributed by atoms with Crippen LogP contribution in [0.1, 0.15) is 34.9 Å². The van der Waals surface area contributed by atoms with Gasteiger partial charge >= 0.3 is 6.01 Å². The van der Waals surface area contributed by atoms with E-state index >= 15 is 0 Å². The molecule has 8 nitrogen and oxygen atoms in total. The lowest BCUT2D eigenvalue weighted by Crippen LogP contribution is -2.03. The Kier molecular flexibility index (Phi) is 4.66. The first-order chi connectivity index (χ1) is 15.5. The van der Waals surface area contributed by atoms with Crippen LogP contribution in [-0.4, -0.2) is 38.8 Å². The fraction of sp³-hybridized carbons (Fsp3) is 0.227. The molecule has 1 saturated carbocycles. The van der Waals surface area contributed by atoms with E-state index in [1.807, 2.05) is 6.07 Å². The minimum atomic E-state index is -0.852. The molecule has 32 heavy (non-hydrogen) atoms. The first-order valence-corrected chi connectivity index (χ1v) is 9.72. The van der Waals surface area contributed by atoms with Crippen molar-refractivity contribution in [3.63, 3.8) is 0 Å². The van der Waals surface area contributed by atoms with Crippen molar-refractivity contribution >= 4 is 5.65 Å². The highest BCUT2D eigenvalue weighted by molar-refractivity contribution is 5.68. The van der Waals surface area contributed by atoms with Crippen LogP contribution in [0.2, 0.25) is 0 Å². The molecule has 2 atom stereocenters. The van der Waals surface area contributed by atoms with Gasteiger partial charge in [0.05, 0.1) is 25.5 Å². The number of imidazole rings is 1. The zero-order chi connectivity index (χ0) is 22.4. The molecule has 0 unspecified atom stereocenters. The van der Waals surface area contributed by atoms with Crippen LogP contribution in [0.4, 0.5) is 8.78 Å². The molecule has 1 aromatic carbocycles. The van der Waals surface area contributed by atoms with Crippen LogP contribution >= 0.6 is 0 Å². The van der Waals surface area contributed by atoms with Gasteiger partial charge in [-0.1, -0.05) is 0 Å². The maximum absolute atomic E-state index is 14.1. The monoisotopic (exact) mass is 434 g/mol. The number of halogens is 2. The van der Waals surface area contributed by atoms with Gasteiger partial charge in [-0.2, -0.15) is 15.3 Å². The van der Waals surface area contributed by atoms with Crippen LogP contribution in [0.5, 0.6) is 11.9 Å². The lowest BCUT2D eigenvalue weighted by Gasteiger charge is -2.11. The van der Waals surface area contributed by atoms with Crippen LogP contribution in [0, 0.1) is 23.0 Å². The molecular weight excluding hydrogens is 418 g/mol. The number of rotatable bonds is 5. The highest BCUT2D eigenvalue weighted by atomic mass is 19.1. The highest BCUT2D eigenvalue weighted by Gasteiger charge is 2.42. The lowest BCUT2D eigenvalue weighted by molar-refractivity contribution is 0.353. The van der Waals surface area contributed by atoms with Crippen LogP contribution in [0.25, 0.3) is 16.9 Å². The Morgan fingerprint density at radius 3 is 2.56 bits per heavy atom. The molecule has 0 amide bonds. The van der Waals surface area contributed by atoms with Gasteiger partial charge < -0.3 is 9.47 Å². The molecule has 1 aliphatic rings. The Labute approximate surface area is 181 Å². The van der Waals surface area contributed by atoms with Crippen LogP contribution in [0.3, 0.4) is 0 Å².